The summed E-state index contributed by atoms with van der Waals surface area (Å²) in [6.45, 7) is 12.9. The Balaban J connectivity index is 1.16. The first kappa shape index (κ1) is 27.1. The van der Waals surface area contributed by atoms with Crippen LogP contribution in [0.5, 0.6) is 0 Å². The number of aryl methyl sites for hydroxylation is 1. The van der Waals surface area contributed by atoms with Crippen LogP contribution in [0.25, 0.3) is 0 Å². The third kappa shape index (κ3) is 4.86. The quantitative estimate of drug-likeness (QED) is 0.502. The summed E-state index contributed by atoms with van der Waals surface area (Å²) in [5, 5.41) is 9.87. The first-order valence-corrected chi connectivity index (χ1v) is 13.8. The lowest BCUT2D eigenvalue weighted by molar-refractivity contribution is -0.199. The molecule has 2 aliphatic heterocycles. The van der Waals surface area contributed by atoms with Crippen LogP contribution >= 0.6 is 0 Å². The van der Waals surface area contributed by atoms with Gasteiger partial charge in [-0.25, -0.2) is 4.39 Å². The van der Waals surface area contributed by atoms with Crippen molar-refractivity contribution in [1.82, 2.24) is 10.6 Å². The summed E-state index contributed by atoms with van der Waals surface area (Å²) in [6.07, 6.45) is 2.37. The number of carbonyl (C=O) groups excluding carboxylic acids is 2. The predicted octanol–water partition coefficient (Wildman–Crippen LogP) is 3.81. The molecular weight excluding hydrogens is 488 g/mol. The molecule has 1 aromatic rings. The molecule has 3 saturated carbocycles. The van der Waals surface area contributed by atoms with E-state index >= 15 is 0 Å². The summed E-state index contributed by atoms with van der Waals surface area (Å²) in [6, 6.07) is 4.08. The molecule has 0 radical (unpaired) electrons. The highest BCUT2D eigenvalue weighted by Crippen LogP contribution is 2.65. The maximum Gasteiger partial charge on any atom is 0.481 e. The van der Waals surface area contributed by atoms with Crippen molar-refractivity contribution in [1.29, 1.82) is 0 Å². The van der Waals surface area contributed by atoms with Crippen LogP contribution < -0.4 is 10.6 Å². The molecule has 206 valence electrons. The van der Waals surface area contributed by atoms with Gasteiger partial charge in [-0.3, -0.25) is 9.59 Å². The number of nitrogens with zero attached hydrogens (tertiary/aromatic N) is 1. The maximum absolute atomic E-state index is 13.6. The van der Waals surface area contributed by atoms with Crippen molar-refractivity contribution in [2.75, 3.05) is 6.54 Å². The Morgan fingerprint density at radius 3 is 2.71 bits per heavy atom. The van der Waals surface area contributed by atoms with Crippen LogP contribution in [-0.2, 0) is 18.9 Å². The summed E-state index contributed by atoms with van der Waals surface area (Å²) in [5.74, 6) is -0.0447. The lowest BCUT2D eigenvalue weighted by atomic mass is 9.43. The number of nitrogens with one attached hydrogen (secondary N) is 2. The molecule has 6 atom stereocenters. The van der Waals surface area contributed by atoms with Gasteiger partial charge in [-0.15, -0.1) is 0 Å². The first-order valence-electron chi connectivity index (χ1n) is 13.8. The molecule has 2 N–H and O–H groups in total. The minimum atomic E-state index is -0.793. The normalized spacial score (nSPS) is 31.7. The number of oxime groups is 1. The molecule has 2 bridgehead atoms. The van der Waals surface area contributed by atoms with E-state index < -0.39 is 24.9 Å². The van der Waals surface area contributed by atoms with Gasteiger partial charge in [0.2, 0.25) is 6.10 Å². The van der Waals surface area contributed by atoms with Gasteiger partial charge in [0.15, 0.2) is 0 Å². The summed E-state index contributed by atoms with van der Waals surface area (Å²) in [7, 11) is -0.512. The van der Waals surface area contributed by atoms with E-state index in [1.807, 2.05) is 0 Å². The molecule has 0 aromatic heterocycles. The average Bonchev–Trinajstić information content (AvgIpc) is 3.47. The van der Waals surface area contributed by atoms with E-state index in [1.54, 1.807) is 13.0 Å². The van der Waals surface area contributed by atoms with Gasteiger partial charge in [-0.1, -0.05) is 38.9 Å². The van der Waals surface area contributed by atoms with E-state index in [0.29, 0.717) is 35.4 Å². The Kier molecular flexibility index (Phi) is 7.09. The molecule has 0 spiro atoms. The zero-order valence-electron chi connectivity index (χ0n) is 23.2. The molecule has 1 saturated heterocycles. The van der Waals surface area contributed by atoms with Crippen molar-refractivity contribution in [3.05, 3.63) is 35.1 Å². The van der Waals surface area contributed by atoms with Gasteiger partial charge in [0.25, 0.3) is 11.8 Å². The van der Waals surface area contributed by atoms with Crippen LogP contribution in [0.1, 0.15) is 76.2 Å². The molecule has 10 heteroatoms. The number of carbonyl (C=O) groups is 2. The van der Waals surface area contributed by atoms with Crippen molar-refractivity contribution >= 4 is 24.6 Å². The van der Waals surface area contributed by atoms with Gasteiger partial charge >= 0.3 is 7.12 Å². The van der Waals surface area contributed by atoms with Crippen molar-refractivity contribution in [3.8, 4) is 0 Å². The molecule has 6 rings (SSSR count). The van der Waals surface area contributed by atoms with Gasteiger partial charge in [0.05, 0.1) is 29.9 Å². The topological polar surface area (TPSA) is 98.2 Å². The fraction of sp³-hybridized carbons (Fsp3) is 0.679. The van der Waals surface area contributed by atoms with Crippen LogP contribution in [0, 0.1) is 35.9 Å². The Hall–Kier alpha value is -2.46. The molecular formula is C28H39BFN3O5. The average molecular weight is 527 g/mol. The Labute approximate surface area is 224 Å². The molecule has 2 heterocycles. The standard InChI is InChI=1S/C28H39BFN3O5/c1-15(2)9-24(29-36-23-11-17-10-22(27(17,4)5)28(23,6)38-29)32-26(35)21-13-19(33-37-21)14-31-25(34)20-12-18(30)8-7-16(20)3/h7-8,12,15,17,21-24H,9-11,13-14H2,1-6H3,(H,31,34)(H,32,35)/t17-,21?,22-,23+,24-,28-/m0/s1. The van der Waals surface area contributed by atoms with Gasteiger partial charge in [-0.2, -0.15) is 0 Å². The maximum atomic E-state index is 13.6. The van der Waals surface area contributed by atoms with Gasteiger partial charge in [0.1, 0.15) is 5.82 Å². The fourth-order valence-corrected chi connectivity index (χ4v) is 6.88. The lowest BCUT2D eigenvalue weighted by Crippen LogP contribution is -2.65. The second kappa shape index (κ2) is 9.94. The number of amides is 2. The summed E-state index contributed by atoms with van der Waals surface area (Å²) in [5.41, 5.74) is 1.38. The van der Waals surface area contributed by atoms with Gasteiger partial charge in [0, 0.05) is 12.0 Å². The largest absolute Gasteiger partial charge is 0.481 e. The molecule has 5 aliphatic rings. The number of hydrogen-bond acceptors (Lipinski definition) is 6. The van der Waals surface area contributed by atoms with Crippen LogP contribution in [-0.4, -0.2) is 54.9 Å². The summed E-state index contributed by atoms with van der Waals surface area (Å²) in [4.78, 5) is 31.1. The Morgan fingerprint density at radius 1 is 1.24 bits per heavy atom. The van der Waals surface area contributed by atoms with E-state index in [4.69, 9.17) is 14.1 Å². The molecule has 2 amide bonds. The highest BCUT2D eigenvalue weighted by atomic mass is 19.1. The smallest absolute Gasteiger partial charge is 0.404 e. The van der Waals surface area contributed by atoms with Crippen LogP contribution in [0.15, 0.2) is 23.4 Å². The van der Waals surface area contributed by atoms with E-state index in [1.165, 1.54) is 18.6 Å². The van der Waals surface area contributed by atoms with Crippen molar-refractivity contribution in [2.24, 2.45) is 28.3 Å². The van der Waals surface area contributed by atoms with Gasteiger partial charge < -0.3 is 24.8 Å². The number of hydrogen-bond donors (Lipinski definition) is 2. The van der Waals surface area contributed by atoms with Crippen molar-refractivity contribution in [2.45, 2.75) is 91.0 Å². The predicted molar refractivity (Wildman–Crippen MR) is 142 cm³/mol. The molecule has 1 aromatic carbocycles. The van der Waals surface area contributed by atoms with Crippen molar-refractivity contribution in [3.63, 3.8) is 0 Å². The zero-order valence-corrected chi connectivity index (χ0v) is 23.2. The molecule has 38 heavy (non-hydrogen) atoms. The van der Waals surface area contributed by atoms with Crippen LogP contribution in [0.3, 0.4) is 0 Å². The molecule has 1 unspecified atom stereocenters. The van der Waals surface area contributed by atoms with Crippen molar-refractivity contribution < 1.29 is 28.1 Å². The third-order valence-corrected chi connectivity index (χ3v) is 9.27. The van der Waals surface area contributed by atoms with Crippen LogP contribution in [0.4, 0.5) is 4.39 Å². The highest BCUT2D eigenvalue weighted by Gasteiger charge is 2.68. The minimum absolute atomic E-state index is 0.0406. The number of benzene rings is 1. The minimum Gasteiger partial charge on any atom is -0.404 e. The highest BCUT2D eigenvalue weighted by molar-refractivity contribution is 6.48. The second-order valence-corrected chi connectivity index (χ2v) is 12.7. The summed E-state index contributed by atoms with van der Waals surface area (Å²) >= 11 is 0. The number of halogens is 1. The monoisotopic (exact) mass is 527 g/mol. The Morgan fingerprint density at radius 2 is 2.00 bits per heavy atom. The molecule has 8 nitrogen and oxygen atoms in total. The fourth-order valence-electron chi connectivity index (χ4n) is 6.88. The Bertz CT molecular complexity index is 1140. The lowest BCUT2D eigenvalue weighted by Gasteiger charge is -2.64. The van der Waals surface area contributed by atoms with Crippen LogP contribution in [0.2, 0.25) is 0 Å². The third-order valence-electron chi connectivity index (χ3n) is 9.27. The second-order valence-electron chi connectivity index (χ2n) is 12.7. The summed E-state index contributed by atoms with van der Waals surface area (Å²) < 4.78 is 26.6. The van der Waals surface area contributed by atoms with Gasteiger partial charge in [-0.05, 0) is 74.0 Å². The first-order chi connectivity index (χ1) is 17.9. The van der Waals surface area contributed by atoms with E-state index in [9.17, 15) is 14.0 Å². The molecule has 4 fully saturated rings. The molecule has 3 aliphatic carbocycles. The zero-order chi connectivity index (χ0) is 27.4. The van der Waals surface area contributed by atoms with E-state index in [2.05, 4.69) is 50.4 Å². The number of rotatable bonds is 8. The SMILES string of the molecule is Cc1ccc(F)cc1C(=O)NCC1=NOC(C(=O)N[C@@H](CC(C)C)B2O[C@@H]3C[C@@H]4C[C@@H](C4(C)C)[C@]3(C)O2)C1. The van der Waals surface area contributed by atoms with E-state index in [-0.39, 0.29) is 47.5 Å². The van der Waals surface area contributed by atoms with E-state index in [0.717, 1.165) is 6.42 Å².